The van der Waals surface area contributed by atoms with Crippen molar-refractivity contribution in [2.75, 3.05) is 26.8 Å². The van der Waals surface area contributed by atoms with Gasteiger partial charge in [-0.3, -0.25) is 9.59 Å². The maximum Gasteiger partial charge on any atom is 0.307 e. The minimum absolute atomic E-state index is 0.0822. The van der Waals surface area contributed by atoms with Crippen molar-refractivity contribution in [3.8, 4) is 5.75 Å². The highest BCUT2D eigenvalue weighted by molar-refractivity contribution is 5.92. The van der Waals surface area contributed by atoms with Crippen LogP contribution < -0.4 is 4.74 Å². The minimum atomic E-state index is -0.400. The topological polar surface area (TPSA) is 76.1 Å². The predicted octanol–water partition coefficient (Wildman–Crippen LogP) is 2.66. The van der Waals surface area contributed by atoms with Crippen molar-refractivity contribution < 1.29 is 24.2 Å². The summed E-state index contributed by atoms with van der Waals surface area (Å²) >= 11 is 0. The van der Waals surface area contributed by atoms with E-state index in [0.717, 1.165) is 11.1 Å². The summed E-state index contributed by atoms with van der Waals surface area (Å²) in [6.07, 6.45) is 3.18. The van der Waals surface area contributed by atoms with Gasteiger partial charge in [-0.15, -0.1) is 0 Å². The minimum Gasteiger partial charge on any atom is -0.489 e. The zero-order valence-corrected chi connectivity index (χ0v) is 15.9. The van der Waals surface area contributed by atoms with Crippen molar-refractivity contribution in [3.63, 3.8) is 0 Å². The molecule has 2 aromatic rings. The van der Waals surface area contributed by atoms with Crippen LogP contribution in [-0.2, 0) is 20.9 Å². The lowest BCUT2D eigenvalue weighted by molar-refractivity contribution is -0.141. The summed E-state index contributed by atoms with van der Waals surface area (Å²) in [6.45, 7) is 0.630. The molecule has 0 radical (unpaired) electrons. The second kappa shape index (κ2) is 11.6. The van der Waals surface area contributed by atoms with Gasteiger partial charge in [0.15, 0.2) is 0 Å². The molecule has 0 spiro atoms. The van der Waals surface area contributed by atoms with Gasteiger partial charge in [0, 0.05) is 19.2 Å². The van der Waals surface area contributed by atoms with Crippen LogP contribution in [0, 0.1) is 0 Å². The third-order valence-electron chi connectivity index (χ3n) is 4.02. The Morgan fingerprint density at radius 2 is 1.86 bits per heavy atom. The number of benzene rings is 2. The highest BCUT2D eigenvalue weighted by Crippen LogP contribution is 2.16. The van der Waals surface area contributed by atoms with Crippen molar-refractivity contribution in [1.82, 2.24) is 4.90 Å². The third kappa shape index (κ3) is 7.25. The van der Waals surface area contributed by atoms with Gasteiger partial charge < -0.3 is 19.5 Å². The lowest BCUT2D eigenvalue weighted by Crippen LogP contribution is -2.34. The van der Waals surface area contributed by atoms with Gasteiger partial charge in [-0.25, -0.2) is 0 Å². The molecule has 2 rings (SSSR count). The summed E-state index contributed by atoms with van der Waals surface area (Å²) in [7, 11) is 1.30. The molecule has 0 bridgehead atoms. The van der Waals surface area contributed by atoms with Crippen LogP contribution in [0.1, 0.15) is 17.5 Å². The summed E-state index contributed by atoms with van der Waals surface area (Å²) in [5.74, 6) is 0.0212. The van der Waals surface area contributed by atoms with E-state index in [4.69, 9.17) is 9.84 Å². The molecule has 148 valence electrons. The number of esters is 1. The molecule has 1 amide bonds. The van der Waals surface area contributed by atoms with Crippen LogP contribution in [0.4, 0.5) is 0 Å². The maximum absolute atomic E-state index is 12.3. The molecule has 0 heterocycles. The molecule has 0 saturated carbocycles. The van der Waals surface area contributed by atoms with Crippen LogP contribution in [-0.4, -0.2) is 48.7 Å². The molecular weight excluding hydrogens is 358 g/mol. The molecule has 0 aliphatic heterocycles. The largest absolute Gasteiger partial charge is 0.489 e. The number of methoxy groups -OCH3 is 1. The fraction of sp³-hybridized carbons (Fsp3) is 0.273. The molecule has 0 aliphatic carbocycles. The zero-order valence-electron chi connectivity index (χ0n) is 15.9. The Balaban J connectivity index is 1.95. The van der Waals surface area contributed by atoms with Gasteiger partial charge in [-0.1, -0.05) is 42.5 Å². The van der Waals surface area contributed by atoms with E-state index in [1.165, 1.54) is 18.1 Å². The van der Waals surface area contributed by atoms with E-state index in [-0.39, 0.29) is 32.0 Å². The Morgan fingerprint density at radius 3 is 2.57 bits per heavy atom. The Kier molecular flexibility index (Phi) is 8.75. The molecule has 0 aliphatic rings. The molecular formula is C22H25NO5. The molecule has 0 saturated heterocycles. The first-order valence-corrected chi connectivity index (χ1v) is 9.04. The fourth-order valence-corrected chi connectivity index (χ4v) is 2.50. The van der Waals surface area contributed by atoms with Gasteiger partial charge in [-0.05, 0) is 29.3 Å². The van der Waals surface area contributed by atoms with E-state index >= 15 is 0 Å². The standard InChI is InChI=1S/C22H25NO5/c1-27-22(26)12-13-23(14-15-24)21(25)11-10-18-8-5-9-20(16-18)28-17-19-6-3-2-4-7-19/h2-11,16,24H,12-15,17H2,1H3/b11-10+. The molecule has 0 fully saturated rings. The quantitative estimate of drug-likeness (QED) is 0.504. The molecule has 6 nitrogen and oxygen atoms in total. The summed E-state index contributed by atoms with van der Waals surface area (Å²) in [6, 6.07) is 17.3. The lowest BCUT2D eigenvalue weighted by Gasteiger charge is -2.19. The van der Waals surface area contributed by atoms with Crippen LogP contribution in [0.25, 0.3) is 6.08 Å². The molecule has 2 aromatic carbocycles. The highest BCUT2D eigenvalue weighted by Gasteiger charge is 2.12. The van der Waals surface area contributed by atoms with E-state index in [9.17, 15) is 9.59 Å². The number of rotatable bonds is 10. The second-order valence-corrected chi connectivity index (χ2v) is 6.06. The van der Waals surface area contributed by atoms with Gasteiger partial charge in [-0.2, -0.15) is 0 Å². The summed E-state index contributed by atoms with van der Waals surface area (Å²) in [4.78, 5) is 25.0. The number of hydrogen-bond donors (Lipinski definition) is 1. The number of carbonyl (C=O) groups is 2. The molecule has 0 aromatic heterocycles. The molecule has 6 heteroatoms. The monoisotopic (exact) mass is 383 g/mol. The first-order valence-electron chi connectivity index (χ1n) is 9.04. The van der Waals surface area contributed by atoms with Gasteiger partial charge >= 0.3 is 5.97 Å². The van der Waals surface area contributed by atoms with Gasteiger partial charge in [0.05, 0.1) is 20.1 Å². The van der Waals surface area contributed by atoms with Gasteiger partial charge in [0.1, 0.15) is 12.4 Å². The van der Waals surface area contributed by atoms with Crippen LogP contribution in [0.3, 0.4) is 0 Å². The van der Waals surface area contributed by atoms with Gasteiger partial charge in [0.25, 0.3) is 0 Å². The number of amides is 1. The first-order chi connectivity index (χ1) is 13.6. The molecule has 1 N–H and O–H groups in total. The van der Waals surface area contributed by atoms with Crippen LogP contribution in [0.5, 0.6) is 5.75 Å². The van der Waals surface area contributed by atoms with Crippen LogP contribution >= 0.6 is 0 Å². The predicted molar refractivity (Wildman–Crippen MR) is 107 cm³/mol. The summed E-state index contributed by atoms with van der Waals surface area (Å²) in [5, 5.41) is 9.13. The number of carbonyl (C=O) groups excluding carboxylic acids is 2. The zero-order chi connectivity index (χ0) is 20.2. The van der Waals surface area contributed by atoms with Crippen molar-refractivity contribution >= 4 is 18.0 Å². The smallest absolute Gasteiger partial charge is 0.307 e. The lowest BCUT2D eigenvalue weighted by atomic mass is 10.2. The van der Waals surface area contributed by atoms with Crippen molar-refractivity contribution in [3.05, 3.63) is 71.8 Å². The molecule has 28 heavy (non-hydrogen) atoms. The number of aliphatic hydroxyl groups is 1. The van der Waals surface area contributed by atoms with Crippen molar-refractivity contribution in [2.45, 2.75) is 13.0 Å². The molecule has 0 unspecified atom stereocenters. The van der Waals surface area contributed by atoms with Crippen LogP contribution in [0.15, 0.2) is 60.7 Å². The Morgan fingerprint density at radius 1 is 1.07 bits per heavy atom. The van der Waals surface area contributed by atoms with E-state index < -0.39 is 5.97 Å². The third-order valence-corrected chi connectivity index (χ3v) is 4.02. The molecule has 0 atom stereocenters. The summed E-state index contributed by atoms with van der Waals surface area (Å²) in [5.41, 5.74) is 1.89. The maximum atomic E-state index is 12.3. The first kappa shape index (κ1) is 21.2. The second-order valence-electron chi connectivity index (χ2n) is 6.06. The average molecular weight is 383 g/mol. The van der Waals surface area contributed by atoms with Crippen molar-refractivity contribution in [2.24, 2.45) is 0 Å². The Hall–Kier alpha value is -3.12. The number of aliphatic hydroxyl groups excluding tert-OH is 1. The number of ether oxygens (including phenoxy) is 2. The average Bonchev–Trinajstić information content (AvgIpc) is 2.74. The van der Waals surface area contributed by atoms with Gasteiger partial charge in [0.2, 0.25) is 5.91 Å². The number of nitrogens with zero attached hydrogens (tertiary/aromatic N) is 1. The van der Waals surface area contributed by atoms with E-state index in [1.807, 2.05) is 54.6 Å². The Bertz CT molecular complexity index is 789. The normalized spacial score (nSPS) is 10.6. The van der Waals surface area contributed by atoms with Crippen molar-refractivity contribution in [1.29, 1.82) is 0 Å². The fourth-order valence-electron chi connectivity index (χ4n) is 2.50. The number of hydrogen-bond acceptors (Lipinski definition) is 5. The SMILES string of the molecule is COC(=O)CCN(CCO)C(=O)/C=C/c1cccc(OCc2ccccc2)c1. The van der Waals surface area contributed by atoms with E-state index in [2.05, 4.69) is 4.74 Å². The Labute approximate surface area is 165 Å². The van der Waals surface area contributed by atoms with Crippen LogP contribution in [0.2, 0.25) is 0 Å². The van der Waals surface area contributed by atoms with E-state index in [0.29, 0.717) is 12.4 Å². The summed E-state index contributed by atoms with van der Waals surface area (Å²) < 4.78 is 10.4. The van der Waals surface area contributed by atoms with E-state index in [1.54, 1.807) is 6.08 Å². The highest BCUT2D eigenvalue weighted by atomic mass is 16.5.